The molecular formula is C11H16N2O3. The van der Waals surface area contributed by atoms with Gasteiger partial charge in [-0.15, -0.1) is 0 Å². The molecule has 1 rings (SSSR count). The number of nitrogen functional groups attached to an aromatic ring is 1. The number of nitrogens with two attached hydrogens (primary N) is 1. The van der Waals surface area contributed by atoms with Crippen molar-refractivity contribution in [1.82, 2.24) is 5.32 Å². The third-order valence-electron chi connectivity index (χ3n) is 2.25. The van der Waals surface area contributed by atoms with Gasteiger partial charge in [-0.2, -0.15) is 0 Å². The third kappa shape index (κ3) is 2.87. The normalized spacial score (nSPS) is 12.1. The lowest BCUT2D eigenvalue weighted by atomic mass is 10.1. The fourth-order valence-electron chi connectivity index (χ4n) is 1.31. The van der Waals surface area contributed by atoms with Crippen LogP contribution in [0, 0.1) is 0 Å². The average molecular weight is 224 g/mol. The van der Waals surface area contributed by atoms with Gasteiger partial charge in [0.1, 0.15) is 0 Å². The molecule has 16 heavy (non-hydrogen) atoms. The molecule has 1 aromatic carbocycles. The molecule has 0 saturated heterocycles. The van der Waals surface area contributed by atoms with E-state index >= 15 is 0 Å². The zero-order chi connectivity index (χ0) is 12.1. The number of rotatable bonds is 4. The molecule has 0 bridgehead atoms. The van der Waals surface area contributed by atoms with Crippen LogP contribution >= 0.6 is 0 Å². The monoisotopic (exact) mass is 224 g/mol. The van der Waals surface area contributed by atoms with Gasteiger partial charge in [0.2, 0.25) is 0 Å². The number of hydrogen-bond acceptors (Lipinski definition) is 4. The van der Waals surface area contributed by atoms with Gasteiger partial charge in [0.05, 0.1) is 11.3 Å². The maximum atomic E-state index is 11.7. The topological polar surface area (TPSA) is 95.6 Å². The lowest BCUT2D eigenvalue weighted by molar-refractivity contribution is 0.0932. The molecule has 1 aromatic rings. The second-order valence-electron chi connectivity index (χ2n) is 3.63. The van der Waals surface area contributed by atoms with E-state index in [0.717, 1.165) is 0 Å². The van der Waals surface area contributed by atoms with E-state index in [1.807, 2.05) is 0 Å². The first-order valence-corrected chi connectivity index (χ1v) is 5.05. The summed E-state index contributed by atoms with van der Waals surface area (Å²) in [5, 5.41) is 20.9. The number of anilines is 1. The maximum absolute atomic E-state index is 11.7. The standard InChI is InChI=1S/C11H16N2O3/c1-7(5-6-14)13-11(16)8-3-2-4-9(12)10(8)15/h2-4,7,14-15H,5-6,12H2,1H3,(H,13,16). The number of phenols is 1. The summed E-state index contributed by atoms with van der Waals surface area (Å²) in [6.45, 7) is 1.78. The Kier molecular flexibility index (Phi) is 4.13. The Bertz CT molecular complexity index is 379. The van der Waals surface area contributed by atoms with Crippen molar-refractivity contribution >= 4 is 11.6 Å². The minimum atomic E-state index is -0.397. The molecule has 5 heteroatoms. The summed E-state index contributed by atoms with van der Waals surface area (Å²) in [5.41, 5.74) is 5.79. The highest BCUT2D eigenvalue weighted by Gasteiger charge is 2.14. The van der Waals surface area contributed by atoms with Crippen LogP contribution in [0.4, 0.5) is 5.69 Å². The van der Waals surface area contributed by atoms with Gasteiger partial charge in [-0.05, 0) is 25.5 Å². The van der Waals surface area contributed by atoms with Crippen molar-refractivity contribution in [2.45, 2.75) is 19.4 Å². The molecule has 5 N–H and O–H groups in total. The molecule has 0 aliphatic heterocycles. The minimum absolute atomic E-state index is 0.00432. The molecule has 5 nitrogen and oxygen atoms in total. The second-order valence-corrected chi connectivity index (χ2v) is 3.63. The number of benzene rings is 1. The molecular weight excluding hydrogens is 208 g/mol. The van der Waals surface area contributed by atoms with Gasteiger partial charge in [-0.25, -0.2) is 0 Å². The Balaban J connectivity index is 2.77. The molecule has 0 aliphatic rings. The molecule has 1 atom stereocenters. The molecule has 0 saturated carbocycles. The predicted octanol–water partition coefficient (Wildman–Crippen LogP) is 0.475. The summed E-state index contributed by atoms with van der Waals surface area (Å²) >= 11 is 0. The number of amides is 1. The van der Waals surface area contributed by atoms with Gasteiger partial charge in [0, 0.05) is 12.6 Å². The summed E-state index contributed by atoms with van der Waals surface area (Å²) in [5.74, 6) is -0.609. The van der Waals surface area contributed by atoms with Crippen molar-refractivity contribution in [2.24, 2.45) is 0 Å². The highest BCUT2D eigenvalue weighted by Crippen LogP contribution is 2.24. The Labute approximate surface area is 93.9 Å². The van der Waals surface area contributed by atoms with Gasteiger partial charge in [-0.3, -0.25) is 4.79 Å². The quantitative estimate of drug-likeness (QED) is 0.441. The van der Waals surface area contributed by atoms with Crippen molar-refractivity contribution in [3.05, 3.63) is 23.8 Å². The van der Waals surface area contributed by atoms with E-state index in [1.54, 1.807) is 13.0 Å². The summed E-state index contributed by atoms with van der Waals surface area (Å²) in [4.78, 5) is 11.7. The molecule has 0 aliphatic carbocycles. The Morgan fingerprint density at radius 3 is 2.88 bits per heavy atom. The fraction of sp³-hybridized carbons (Fsp3) is 0.364. The highest BCUT2D eigenvalue weighted by atomic mass is 16.3. The van der Waals surface area contributed by atoms with E-state index in [9.17, 15) is 9.90 Å². The summed E-state index contributed by atoms with van der Waals surface area (Å²) in [6, 6.07) is 4.45. The number of carbonyl (C=O) groups excluding carboxylic acids is 1. The molecule has 0 aromatic heterocycles. The molecule has 0 spiro atoms. The van der Waals surface area contributed by atoms with Gasteiger partial charge in [0.15, 0.2) is 5.75 Å². The van der Waals surface area contributed by atoms with Crippen LogP contribution in [0.25, 0.3) is 0 Å². The van der Waals surface area contributed by atoms with Gasteiger partial charge in [0.25, 0.3) is 5.91 Å². The van der Waals surface area contributed by atoms with E-state index in [4.69, 9.17) is 10.8 Å². The van der Waals surface area contributed by atoms with Crippen LogP contribution in [-0.2, 0) is 0 Å². The van der Waals surface area contributed by atoms with Crippen molar-refractivity contribution < 1.29 is 15.0 Å². The molecule has 0 fully saturated rings. The number of nitrogens with one attached hydrogen (secondary N) is 1. The third-order valence-corrected chi connectivity index (χ3v) is 2.25. The van der Waals surface area contributed by atoms with Crippen LogP contribution in [0.3, 0.4) is 0 Å². The second kappa shape index (κ2) is 5.37. The Hall–Kier alpha value is -1.75. The van der Waals surface area contributed by atoms with E-state index < -0.39 is 5.91 Å². The largest absolute Gasteiger partial charge is 0.505 e. The van der Waals surface area contributed by atoms with Gasteiger partial charge >= 0.3 is 0 Å². The summed E-state index contributed by atoms with van der Waals surface area (Å²) in [7, 11) is 0. The van der Waals surface area contributed by atoms with Crippen molar-refractivity contribution in [1.29, 1.82) is 0 Å². The molecule has 88 valence electrons. The van der Waals surface area contributed by atoms with Crippen LogP contribution in [0.5, 0.6) is 5.75 Å². The number of phenolic OH excluding ortho intramolecular Hbond substituents is 1. The van der Waals surface area contributed by atoms with E-state index in [-0.39, 0.29) is 29.6 Å². The first kappa shape index (κ1) is 12.3. The van der Waals surface area contributed by atoms with Crippen LogP contribution in [0.1, 0.15) is 23.7 Å². The summed E-state index contributed by atoms with van der Waals surface area (Å²) in [6.07, 6.45) is 0.467. The number of hydrogen-bond donors (Lipinski definition) is 4. The van der Waals surface area contributed by atoms with E-state index in [1.165, 1.54) is 12.1 Å². The van der Waals surface area contributed by atoms with E-state index in [2.05, 4.69) is 5.32 Å². The molecule has 1 unspecified atom stereocenters. The van der Waals surface area contributed by atoms with Crippen molar-refractivity contribution in [2.75, 3.05) is 12.3 Å². The fourth-order valence-corrected chi connectivity index (χ4v) is 1.31. The van der Waals surface area contributed by atoms with Gasteiger partial charge < -0.3 is 21.3 Å². The first-order chi connectivity index (χ1) is 7.56. The number of aromatic hydroxyl groups is 1. The van der Waals surface area contributed by atoms with Crippen LogP contribution in [-0.4, -0.2) is 28.8 Å². The number of aliphatic hydroxyl groups is 1. The van der Waals surface area contributed by atoms with Crippen molar-refractivity contribution in [3.8, 4) is 5.75 Å². The number of carbonyl (C=O) groups is 1. The van der Waals surface area contributed by atoms with Crippen LogP contribution in [0.15, 0.2) is 18.2 Å². The Morgan fingerprint density at radius 1 is 1.56 bits per heavy atom. The Morgan fingerprint density at radius 2 is 2.25 bits per heavy atom. The molecule has 1 amide bonds. The smallest absolute Gasteiger partial charge is 0.255 e. The molecule has 0 radical (unpaired) electrons. The zero-order valence-electron chi connectivity index (χ0n) is 9.10. The zero-order valence-corrected chi connectivity index (χ0v) is 9.10. The highest BCUT2D eigenvalue weighted by molar-refractivity contribution is 5.98. The number of aliphatic hydroxyl groups excluding tert-OH is 1. The SMILES string of the molecule is CC(CCO)NC(=O)c1cccc(N)c1O. The first-order valence-electron chi connectivity index (χ1n) is 5.05. The van der Waals surface area contributed by atoms with Crippen LogP contribution in [0.2, 0.25) is 0 Å². The van der Waals surface area contributed by atoms with Crippen LogP contribution < -0.4 is 11.1 Å². The molecule has 0 heterocycles. The predicted molar refractivity (Wildman–Crippen MR) is 61.2 cm³/mol. The van der Waals surface area contributed by atoms with Gasteiger partial charge in [-0.1, -0.05) is 6.07 Å². The lowest BCUT2D eigenvalue weighted by Gasteiger charge is -2.13. The lowest BCUT2D eigenvalue weighted by Crippen LogP contribution is -2.33. The average Bonchev–Trinajstić information content (AvgIpc) is 2.22. The minimum Gasteiger partial charge on any atom is -0.505 e. The van der Waals surface area contributed by atoms with E-state index in [0.29, 0.717) is 6.42 Å². The summed E-state index contributed by atoms with van der Waals surface area (Å²) < 4.78 is 0. The number of para-hydroxylation sites is 1. The van der Waals surface area contributed by atoms with Crippen molar-refractivity contribution in [3.63, 3.8) is 0 Å². The maximum Gasteiger partial charge on any atom is 0.255 e.